The first-order valence-corrected chi connectivity index (χ1v) is 11.3. The molecule has 156 valence electrons. The predicted octanol–water partition coefficient (Wildman–Crippen LogP) is 5.79. The zero-order valence-electron chi connectivity index (χ0n) is 16.7. The molecule has 30 heavy (non-hydrogen) atoms. The maximum absolute atomic E-state index is 13.2. The summed E-state index contributed by atoms with van der Waals surface area (Å²) in [6, 6.07) is 8.91. The smallest absolute Gasteiger partial charge is 0.308 e. The van der Waals surface area contributed by atoms with Crippen molar-refractivity contribution in [1.29, 1.82) is 0 Å². The van der Waals surface area contributed by atoms with Gasteiger partial charge < -0.3 is 4.74 Å². The van der Waals surface area contributed by atoms with Gasteiger partial charge in [-0.2, -0.15) is 9.78 Å². The van der Waals surface area contributed by atoms with E-state index in [1.807, 2.05) is 32.9 Å². The number of fused-ring (bicyclic) bond motifs is 1. The zero-order valence-corrected chi connectivity index (χ0v) is 21.4. The molecule has 9 heteroatoms. The van der Waals surface area contributed by atoms with Crippen LogP contribution in [0, 0.1) is 0 Å². The van der Waals surface area contributed by atoms with E-state index in [1.54, 1.807) is 24.4 Å². The topological polar surface area (TPSA) is 73.5 Å². The van der Waals surface area contributed by atoms with Gasteiger partial charge in [-0.3, -0.25) is 9.59 Å². The molecule has 0 N–H and O–H groups in total. The van der Waals surface area contributed by atoms with Gasteiger partial charge in [0.25, 0.3) is 5.56 Å². The number of hydrogen-bond donors (Lipinski definition) is 0. The Bertz CT molecular complexity index is 1220. The van der Waals surface area contributed by atoms with E-state index in [9.17, 15) is 9.59 Å². The van der Waals surface area contributed by atoms with Crippen LogP contribution in [-0.2, 0) is 10.2 Å². The highest BCUT2D eigenvalue weighted by atomic mass is 79.9. The fraction of sp³-hybridized carbons (Fsp3) is 0.238. The van der Waals surface area contributed by atoms with Crippen molar-refractivity contribution in [2.45, 2.75) is 33.1 Å². The van der Waals surface area contributed by atoms with Crippen LogP contribution in [0.5, 0.6) is 5.75 Å². The number of ether oxygens (including phenoxy) is 1. The van der Waals surface area contributed by atoms with Crippen molar-refractivity contribution in [3.05, 3.63) is 65.5 Å². The lowest BCUT2D eigenvalue weighted by Crippen LogP contribution is -2.29. The van der Waals surface area contributed by atoms with Gasteiger partial charge in [0.2, 0.25) is 0 Å². The van der Waals surface area contributed by atoms with Crippen molar-refractivity contribution in [3.8, 4) is 5.75 Å². The standard InChI is InChI=1S/C21H18Br3N3O3/c1-11(28)30-18-15(23)7-12(8-16(18)24)10-25-27-19(29)14-9-13(22)5-6-17(14)26-20(27)21(2,3)4/h5-10H,1-4H3. The van der Waals surface area contributed by atoms with E-state index in [-0.39, 0.29) is 5.56 Å². The minimum atomic E-state index is -0.424. The number of rotatable bonds is 3. The second-order valence-electron chi connectivity index (χ2n) is 7.62. The molecule has 1 heterocycles. The van der Waals surface area contributed by atoms with Gasteiger partial charge in [0, 0.05) is 16.8 Å². The van der Waals surface area contributed by atoms with Crippen LogP contribution in [0.15, 0.2) is 53.6 Å². The molecular formula is C21H18Br3N3O3. The first-order valence-electron chi connectivity index (χ1n) is 8.92. The molecule has 1 aromatic heterocycles. The van der Waals surface area contributed by atoms with Crippen molar-refractivity contribution in [1.82, 2.24) is 9.66 Å². The molecule has 3 rings (SSSR count). The highest BCUT2D eigenvalue weighted by molar-refractivity contribution is 9.11. The lowest BCUT2D eigenvalue weighted by Gasteiger charge is -2.20. The van der Waals surface area contributed by atoms with Crippen LogP contribution in [0.3, 0.4) is 0 Å². The summed E-state index contributed by atoms with van der Waals surface area (Å²) in [6.07, 6.45) is 1.56. The maximum Gasteiger partial charge on any atom is 0.308 e. The van der Waals surface area contributed by atoms with Crippen molar-refractivity contribution >= 4 is 70.9 Å². The van der Waals surface area contributed by atoms with E-state index >= 15 is 0 Å². The molecule has 2 aromatic carbocycles. The highest BCUT2D eigenvalue weighted by Crippen LogP contribution is 2.34. The average molecular weight is 600 g/mol. The van der Waals surface area contributed by atoms with Crippen LogP contribution in [0.2, 0.25) is 0 Å². The third kappa shape index (κ3) is 4.90. The van der Waals surface area contributed by atoms with Gasteiger partial charge in [-0.15, -0.1) is 0 Å². The molecule has 0 aliphatic carbocycles. The summed E-state index contributed by atoms with van der Waals surface area (Å²) in [5.41, 5.74) is 0.664. The first-order chi connectivity index (χ1) is 14.0. The van der Waals surface area contributed by atoms with Crippen LogP contribution >= 0.6 is 47.8 Å². The van der Waals surface area contributed by atoms with Crippen LogP contribution in [0.25, 0.3) is 10.9 Å². The number of hydrogen-bond acceptors (Lipinski definition) is 5. The van der Waals surface area contributed by atoms with Gasteiger partial charge >= 0.3 is 5.97 Å². The van der Waals surface area contributed by atoms with Crippen LogP contribution in [0.4, 0.5) is 0 Å². The van der Waals surface area contributed by atoms with E-state index < -0.39 is 11.4 Å². The number of carbonyl (C=O) groups excluding carboxylic acids is 1. The minimum Gasteiger partial charge on any atom is -0.424 e. The molecule has 0 radical (unpaired) electrons. The van der Waals surface area contributed by atoms with Gasteiger partial charge in [-0.25, -0.2) is 4.98 Å². The molecule has 0 saturated heterocycles. The quantitative estimate of drug-likeness (QED) is 0.217. The summed E-state index contributed by atoms with van der Waals surface area (Å²) in [5.74, 6) is 0.505. The Balaban J connectivity index is 2.15. The second kappa shape index (κ2) is 8.72. The predicted molar refractivity (Wildman–Crippen MR) is 129 cm³/mol. The minimum absolute atomic E-state index is 0.253. The number of nitrogens with zero attached hydrogens (tertiary/aromatic N) is 3. The normalized spacial score (nSPS) is 12.0. The van der Waals surface area contributed by atoms with Crippen molar-refractivity contribution in [3.63, 3.8) is 0 Å². The molecule has 0 fully saturated rings. The Hall–Kier alpha value is -1.84. The van der Waals surface area contributed by atoms with E-state index in [4.69, 9.17) is 9.72 Å². The number of halogens is 3. The van der Waals surface area contributed by atoms with Gasteiger partial charge in [-0.1, -0.05) is 36.7 Å². The third-order valence-corrected chi connectivity index (χ3v) is 5.74. The van der Waals surface area contributed by atoms with Gasteiger partial charge in [0.15, 0.2) is 5.75 Å². The van der Waals surface area contributed by atoms with Gasteiger partial charge in [0.1, 0.15) is 5.82 Å². The molecule has 0 saturated carbocycles. The van der Waals surface area contributed by atoms with Gasteiger partial charge in [0.05, 0.1) is 26.1 Å². The Morgan fingerprint density at radius 3 is 2.33 bits per heavy atom. The number of esters is 1. The van der Waals surface area contributed by atoms with Crippen LogP contribution < -0.4 is 10.3 Å². The molecule has 0 spiro atoms. The molecule has 0 unspecified atom stereocenters. The number of carbonyl (C=O) groups is 1. The summed E-state index contributed by atoms with van der Waals surface area (Å²) < 4.78 is 8.47. The van der Waals surface area contributed by atoms with Crippen molar-refractivity contribution in [2.75, 3.05) is 0 Å². The summed E-state index contributed by atoms with van der Waals surface area (Å²) in [4.78, 5) is 29.2. The molecule has 0 bridgehead atoms. The lowest BCUT2D eigenvalue weighted by molar-refractivity contribution is -0.131. The van der Waals surface area contributed by atoms with Crippen molar-refractivity contribution < 1.29 is 9.53 Å². The molecule has 0 aliphatic rings. The Morgan fingerprint density at radius 2 is 1.77 bits per heavy atom. The first kappa shape index (κ1) is 22.8. The Morgan fingerprint density at radius 1 is 1.13 bits per heavy atom. The highest BCUT2D eigenvalue weighted by Gasteiger charge is 2.23. The Kier molecular flexibility index (Phi) is 6.64. The van der Waals surface area contributed by atoms with Crippen LogP contribution in [-0.4, -0.2) is 21.8 Å². The molecule has 6 nitrogen and oxygen atoms in total. The maximum atomic E-state index is 13.2. The fourth-order valence-corrected chi connectivity index (χ4v) is 4.51. The third-order valence-electron chi connectivity index (χ3n) is 4.07. The molecule has 0 atom stereocenters. The molecule has 3 aromatic rings. The number of aromatic nitrogens is 2. The summed E-state index contributed by atoms with van der Waals surface area (Å²) in [5, 5.41) is 4.92. The lowest BCUT2D eigenvalue weighted by atomic mass is 9.95. The van der Waals surface area contributed by atoms with E-state index in [0.717, 1.165) is 4.47 Å². The van der Waals surface area contributed by atoms with Crippen molar-refractivity contribution in [2.24, 2.45) is 5.10 Å². The molecule has 0 amide bonds. The van der Waals surface area contributed by atoms with E-state index in [2.05, 4.69) is 52.9 Å². The zero-order chi connectivity index (χ0) is 22.2. The average Bonchev–Trinajstić information content (AvgIpc) is 2.63. The summed E-state index contributed by atoms with van der Waals surface area (Å²) in [7, 11) is 0. The summed E-state index contributed by atoms with van der Waals surface area (Å²) >= 11 is 10.2. The van der Waals surface area contributed by atoms with E-state index in [0.29, 0.717) is 37.0 Å². The molecule has 0 aliphatic heterocycles. The summed E-state index contributed by atoms with van der Waals surface area (Å²) in [6.45, 7) is 7.27. The second-order valence-corrected chi connectivity index (χ2v) is 10.2. The number of benzene rings is 2. The van der Waals surface area contributed by atoms with Gasteiger partial charge in [-0.05, 0) is 67.8 Å². The molecular weight excluding hydrogens is 582 g/mol. The largest absolute Gasteiger partial charge is 0.424 e. The van der Waals surface area contributed by atoms with E-state index in [1.165, 1.54) is 11.6 Å². The monoisotopic (exact) mass is 597 g/mol. The van der Waals surface area contributed by atoms with Crippen LogP contribution in [0.1, 0.15) is 39.1 Å². The fourth-order valence-electron chi connectivity index (χ4n) is 2.76. The SMILES string of the molecule is CC(=O)Oc1c(Br)cc(C=Nn2c(C(C)(C)C)nc3ccc(Br)cc3c2=O)cc1Br. The Labute approximate surface area is 198 Å².